The molecule has 0 radical (unpaired) electrons. The van der Waals surface area contributed by atoms with Gasteiger partial charge in [0.25, 0.3) is 0 Å². The number of aliphatic hydroxyl groups is 1. The third kappa shape index (κ3) is 3.37. The quantitative estimate of drug-likeness (QED) is 0.869. The number of benzene rings is 1. The maximum atomic E-state index is 13.2. The summed E-state index contributed by atoms with van der Waals surface area (Å²) < 4.78 is 23.6. The van der Waals surface area contributed by atoms with Gasteiger partial charge in [-0.2, -0.15) is 4.98 Å². The fourth-order valence-electron chi connectivity index (χ4n) is 4.52. The van der Waals surface area contributed by atoms with E-state index in [9.17, 15) is 9.50 Å². The minimum atomic E-state index is -1.03. The summed E-state index contributed by atoms with van der Waals surface area (Å²) in [5.41, 5.74) is 0.677. The zero-order chi connectivity index (χ0) is 19.0. The monoisotopic (exact) mass is 373 g/mol. The van der Waals surface area contributed by atoms with Crippen molar-refractivity contribution in [1.82, 2.24) is 14.9 Å². The van der Waals surface area contributed by atoms with Crippen LogP contribution in [0.5, 0.6) is 11.9 Å². The van der Waals surface area contributed by atoms with Crippen molar-refractivity contribution in [3.63, 3.8) is 0 Å². The molecule has 2 fully saturated rings. The molecule has 2 aliphatic heterocycles. The van der Waals surface area contributed by atoms with E-state index >= 15 is 0 Å². The van der Waals surface area contributed by atoms with Crippen molar-refractivity contribution in [2.24, 2.45) is 0 Å². The molecular formula is C20H24FN3O3. The largest absolute Gasteiger partial charge is 0.481 e. The molecule has 7 heteroatoms. The van der Waals surface area contributed by atoms with Crippen LogP contribution in [0.2, 0.25) is 0 Å². The van der Waals surface area contributed by atoms with Crippen LogP contribution in [-0.4, -0.2) is 46.3 Å². The molecule has 1 aromatic carbocycles. The Morgan fingerprint density at radius 2 is 1.81 bits per heavy atom. The van der Waals surface area contributed by atoms with E-state index in [0.29, 0.717) is 24.3 Å². The van der Waals surface area contributed by atoms with Crippen LogP contribution in [0.1, 0.15) is 36.8 Å². The first-order valence-electron chi connectivity index (χ1n) is 9.20. The molecule has 2 aromatic rings. The van der Waals surface area contributed by atoms with Crippen LogP contribution in [0.15, 0.2) is 30.5 Å². The van der Waals surface area contributed by atoms with Crippen LogP contribution in [0.25, 0.3) is 0 Å². The van der Waals surface area contributed by atoms with E-state index in [4.69, 9.17) is 9.47 Å². The van der Waals surface area contributed by atoms with Crippen LogP contribution in [0.3, 0.4) is 0 Å². The van der Waals surface area contributed by atoms with Gasteiger partial charge in [-0.15, -0.1) is 0 Å². The molecule has 1 aromatic heterocycles. The molecule has 4 rings (SSSR count). The lowest BCUT2D eigenvalue weighted by Crippen LogP contribution is -2.49. The number of piperidine rings is 1. The van der Waals surface area contributed by atoms with Gasteiger partial charge in [-0.1, -0.05) is 12.1 Å². The molecule has 3 atom stereocenters. The zero-order valence-corrected chi connectivity index (χ0v) is 15.6. The van der Waals surface area contributed by atoms with Gasteiger partial charge < -0.3 is 14.6 Å². The normalized spacial score (nSPS) is 27.6. The number of hydrogen-bond donors (Lipinski definition) is 1. The van der Waals surface area contributed by atoms with Crippen molar-refractivity contribution in [3.05, 3.63) is 47.4 Å². The Kier molecular flexibility index (Phi) is 4.74. The van der Waals surface area contributed by atoms with Crippen molar-refractivity contribution in [2.45, 2.75) is 49.9 Å². The Morgan fingerprint density at radius 3 is 2.41 bits per heavy atom. The molecule has 1 unspecified atom stereocenters. The molecule has 0 saturated carbocycles. The Balaban J connectivity index is 1.56. The standard InChI is InChI=1S/C20H24FN3O3/c1-26-18-17(11-22-19(23-18)27-2)20(25)9-15-7-8-16(10-20)24(15)12-13-3-5-14(21)6-4-13/h3-6,11,15-16,25H,7-10,12H2,1-2H3/t15-,16+,20?. The SMILES string of the molecule is COc1ncc(C2(O)C[C@H]3CC[C@@H](C2)N3Cc2ccc(F)cc2)c(OC)n1. The minimum absolute atomic E-state index is 0.218. The van der Waals surface area contributed by atoms with Gasteiger partial charge in [-0.05, 0) is 43.4 Å². The van der Waals surface area contributed by atoms with Crippen LogP contribution in [0.4, 0.5) is 4.39 Å². The summed E-state index contributed by atoms with van der Waals surface area (Å²) in [4.78, 5) is 10.8. The number of methoxy groups -OCH3 is 2. The molecule has 2 saturated heterocycles. The first-order chi connectivity index (χ1) is 13.0. The number of halogens is 1. The van der Waals surface area contributed by atoms with E-state index in [1.807, 2.05) is 12.1 Å². The molecule has 0 amide bonds. The summed E-state index contributed by atoms with van der Waals surface area (Å²) in [6, 6.07) is 7.38. The number of ether oxygens (including phenoxy) is 2. The highest BCUT2D eigenvalue weighted by molar-refractivity contribution is 5.33. The van der Waals surface area contributed by atoms with Crippen LogP contribution < -0.4 is 9.47 Å². The van der Waals surface area contributed by atoms with Crippen molar-refractivity contribution >= 4 is 0 Å². The average molecular weight is 373 g/mol. The van der Waals surface area contributed by atoms with Gasteiger partial charge in [-0.3, -0.25) is 4.90 Å². The van der Waals surface area contributed by atoms with Gasteiger partial charge in [0.05, 0.1) is 25.4 Å². The summed E-state index contributed by atoms with van der Waals surface area (Å²) >= 11 is 0. The smallest absolute Gasteiger partial charge is 0.319 e. The highest BCUT2D eigenvalue weighted by atomic mass is 19.1. The first kappa shape index (κ1) is 18.1. The second-order valence-corrected chi connectivity index (χ2v) is 7.40. The molecule has 2 aliphatic rings. The third-order valence-electron chi connectivity index (χ3n) is 5.81. The molecule has 1 N–H and O–H groups in total. The predicted molar refractivity (Wildman–Crippen MR) is 97.0 cm³/mol. The number of nitrogens with zero attached hydrogens (tertiary/aromatic N) is 3. The number of aromatic nitrogens is 2. The molecule has 3 heterocycles. The fraction of sp³-hybridized carbons (Fsp3) is 0.500. The Bertz CT molecular complexity index is 801. The lowest BCUT2D eigenvalue weighted by Gasteiger charge is -2.44. The number of rotatable bonds is 5. The molecule has 6 nitrogen and oxygen atoms in total. The second kappa shape index (κ2) is 7.05. The van der Waals surface area contributed by atoms with Gasteiger partial charge >= 0.3 is 6.01 Å². The highest BCUT2D eigenvalue weighted by Crippen LogP contribution is 2.48. The Hall–Kier alpha value is -2.25. The summed E-state index contributed by atoms with van der Waals surface area (Å²) in [6.07, 6.45) is 4.87. The zero-order valence-electron chi connectivity index (χ0n) is 15.6. The highest BCUT2D eigenvalue weighted by Gasteiger charge is 2.49. The molecule has 0 aliphatic carbocycles. The topological polar surface area (TPSA) is 67.7 Å². The van der Waals surface area contributed by atoms with Gasteiger partial charge in [0.15, 0.2) is 0 Å². The number of fused-ring (bicyclic) bond motifs is 2. The van der Waals surface area contributed by atoms with Crippen molar-refractivity contribution in [3.8, 4) is 11.9 Å². The van der Waals surface area contributed by atoms with Crippen molar-refractivity contribution < 1.29 is 19.0 Å². The second-order valence-electron chi connectivity index (χ2n) is 7.40. The van der Waals surface area contributed by atoms with E-state index in [1.165, 1.54) is 26.4 Å². The van der Waals surface area contributed by atoms with Crippen LogP contribution in [-0.2, 0) is 12.1 Å². The maximum Gasteiger partial charge on any atom is 0.319 e. The summed E-state index contributed by atoms with van der Waals surface area (Å²) in [5.74, 6) is 0.136. The van der Waals surface area contributed by atoms with Crippen LogP contribution in [0, 0.1) is 5.82 Å². The molecule has 2 bridgehead atoms. The van der Waals surface area contributed by atoms with Gasteiger partial charge in [0.1, 0.15) is 5.82 Å². The average Bonchev–Trinajstić information content (AvgIpc) is 2.92. The summed E-state index contributed by atoms with van der Waals surface area (Å²) in [6.45, 7) is 0.766. The molecule has 27 heavy (non-hydrogen) atoms. The van der Waals surface area contributed by atoms with Crippen molar-refractivity contribution in [1.29, 1.82) is 0 Å². The van der Waals surface area contributed by atoms with E-state index in [0.717, 1.165) is 24.9 Å². The predicted octanol–water partition coefficient (Wildman–Crippen LogP) is 2.65. The van der Waals surface area contributed by atoms with Gasteiger partial charge in [0, 0.05) is 24.8 Å². The first-order valence-corrected chi connectivity index (χ1v) is 9.20. The molecule has 144 valence electrons. The lowest BCUT2D eigenvalue weighted by atomic mass is 9.81. The Morgan fingerprint density at radius 1 is 1.15 bits per heavy atom. The van der Waals surface area contributed by atoms with Gasteiger partial charge in [-0.25, -0.2) is 9.37 Å². The van der Waals surface area contributed by atoms with Gasteiger partial charge in [0.2, 0.25) is 5.88 Å². The van der Waals surface area contributed by atoms with E-state index in [1.54, 1.807) is 6.20 Å². The molecule has 0 spiro atoms. The molecular weight excluding hydrogens is 349 g/mol. The lowest BCUT2D eigenvalue weighted by molar-refractivity contribution is -0.0612. The fourth-order valence-corrected chi connectivity index (χ4v) is 4.52. The van der Waals surface area contributed by atoms with E-state index in [-0.39, 0.29) is 23.9 Å². The number of hydrogen-bond acceptors (Lipinski definition) is 6. The minimum Gasteiger partial charge on any atom is -0.481 e. The summed E-state index contributed by atoms with van der Waals surface area (Å²) in [7, 11) is 3.03. The van der Waals surface area contributed by atoms with Crippen molar-refractivity contribution in [2.75, 3.05) is 14.2 Å². The third-order valence-corrected chi connectivity index (χ3v) is 5.81. The maximum absolute atomic E-state index is 13.2. The van der Waals surface area contributed by atoms with E-state index in [2.05, 4.69) is 14.9 Å². The summed E-state index contributed by atoms with van der Waals surface area (Å²) in [5, 5.41) is 11.4. The van der Waals surface area contributed by atoms with Crippen LogP contribution >= 0.6 is 0 Å². The Labute approximate surface area is 158 Å². The van der Waals surface area contributed by atoms with E-state index < -0.39 is 5.60 Å².